The van der Waals surface area contributed by atoms with Crippen molar-refractivity contribution in [1.29, 1.82) is 0 Å². The largest absolute Gasteiger partial charge is 0.312 e. The molecule has 1 aliphatic heterocycles. The Morgan fingerprint density at radius 2 is 2.08 bits per heavy atom. The van der Waals surface area contributed by atoms with Crippen LogP contribution in [-0.2, 0) is 0 Å². The van der Waals surface area contributed by atoms with Crippen molar-refractivity contribution >= 4 is 12.4 Å². The van der Waals surface area contributed by atoms with E-state index in [0.717, 1.165) is 11.5 Å². The highest BCUT2D eigenvalue weighted by Gasteiger charge is 2.47. The molecule has 1 spiro atoms. The van der Waals surface area contributed by atoms with Gasteiger partial charge in [0.25, 0.3) is 0 Å². The Morgan fingerprint density at radius 1 is 1.42 bits per heavy atom. The summed E-state index contributed by atoms with van der Waals surface area (Å²) < 4.78 is 0. The van der Waals surface area contributed by atoms with Gasteiger partial charge in [-0.2, -0.15) is 0 Å². The second-order valence-corrected chi connectivity index (χ2v) is 4.54. The number of nitrogens with one attached hydrogen (secondary N) is 1. The molecular formula is C9H19ClN2. The molecule has 72 valence electrons. The number of halogens is 1. The summed E-state index contributed by atoms with van der Waals surface area (Å²) in [7, 11) is 4.30. The van der Waals surface area contributed by atoms with Gasteiger partial charge in [-0.1, -0.05) is 0 Å². The van der Waals surface area contributed by atoms with Gasteiger partial charge in [-0.3, -0.25) is 0 Å². The first kappa shape index (κ1) is 10.3. The van der Waals surface area contributed by atoms with Gasteiger partial charge in [0.05, 0.1) is 0 Å². The predicted octanol–water partition coefficient (Wildman–Crippen LogP) is 1.11. The molecule has 1 N–H and O–H groups in total. The van der Waals surface area contributed by atoms with Gasteiger partial charge in [0, 0.05) is 19.1 Å². The lowest BCUT2D eigenvalue weighted by atomic mass is 10.0. The van der Waals surface area contributed by atoms with E-state index in [1.165, 1.54) is 32.4 Å². The van der Waals surface area contributed by atoms with E-state index < -0.39 is 0 Å². The highest BCUT2D eigenvalue weighted by Crippen LogP contribution is 2.51. The summed E-state index contributed by atoms with van der Waals surface area (Å²) in [5.74, 6) is 0. The van der Waals surface area contributed by atoms with Crippen LogP contribution < -0.4 is 5.32 Å². The van der Waals surface area contributed by atoms with Crippen molar-refractivity contribution in [2.24, 2.45) is 5.41 Å². The van der Waals surface area contributed by atoms with Gasteiger partial charge in [0.2, 0.25) is 0 Å². The summed E-state index contributed by atoms with van der Waals surface area (Å²) in [5.41, 5.74) is 0.765. The van der Waals surface area contributed by atoms with Gasteiger partial charge >= 0.3 is 0 Å². The lowest BCUT2D eigenvalue weighted by molar-refractivity contribution is 0.352. The van der Waals surface area contributed by atoms with E-state index in [9.17, 15) is 0 Å². The Hall–Kier alpha value is 0.210. The quantitative estimate of drug-likeness (QED) is 0.702. The van der Waals surface area contributed by atoms with E-state index in [0.29, 0.717) is 0 Å². The summed E-state index contributed by atoms with van der Waals surface area (Å²) in [6, 6.07) is 0.771. The van der Waals surface area contributed by atoms with Crippen molar-refractivity contribution in [2.45, 2.75) is 25.3 Å². The molecule has 1 aliphatic carbocycles. The molecule has 0 aromatic heterocycles. The zero-order chi connectivity index (χ0) is 7.90. The monoisotopic (exact) mass is 190 g/mol. The van der Waals surface area contributed by atoms with Gasteiger partial charge in [-0.25, -0.2) is 0 Å². The molecule has 0 amide bonds. The smallest absolute Gasteiger partial charge is 0.0200 e. The third kappa shape index (κ3) is 2.12. The van der Waals surface area contributed by atoms with Crippen LogP contribution in [0.1, 0.15) is 19.3 Å². The van der Waals surface area contributed by atoms with Crippen LogP contribution >= 0.6 is 12.4 Å². The molecule has 12 heavy (non-hydrogen) atoms. The van der Waals surface area contributed by atoms with E-state index in [1.807, 2.05) is 0 Å². The zero-order valence-corrected chi connectivity index (χ0v) is 8.78. The number of hydrogen-bond acceptors (Lipinski definition) is 2. The van der Waals surface area contributed by atoms with Crippen molar-refractivity contribution in [2.75, 3.05) is 27.2 Å². The fourth-order valence-corrected chi connectivity index (χ4v) is 2.16. The molecule has 2 rings (SSSR count). The molecule has 1 unspecified atom stereocenters. The average Bonchev–Trinajstić information content (AvgIpc) is 2.51. The maximum absolute atomic E-state index is 3.60. The molecule has 2 aliphatic rings. The van der Waals surface area contributed by atoms with Crippen LogP contribution in [-0.4, -0.2) is 38.1 Å². The second kappa shape index (κ2) is 3.52. The van der Waals surface area contributed by atoms with Gasteiger partial charge in [0.15, 0.2) is 0 Å². The molecule has 1 saturated carbocycles. The highest BCUT2D eigenvalue weighted by atomic mass is 35.5. The van der Waals surface area contributed by atoms with Crippen LogP contribution in [0.5, 0.6) is 0 Å². The minimum atomic E-state index is 0. The summed E-state index contributed by atoms with van der Waals surface area (Å²) >= 11 is 0. The number of nitrogens with zero attached hydrogens (tertiary/aromatic N) is 1. The first-order chi connectivity index (χ1) is 5.20. The fourth-order valence-electron chi connectivity index (χ4n) is 2.16. The van der Waals surface area contributed by atoms with Crippen molar-refractivity contribution in [3.8, 4) is 0 Å². The molecule has 2 fully saturated rings. The van der Waals surface area contributed by atoms with Crippen molar-refractivity contribution in [3.05, 3.63) is 0 Å². The lowest BCUT2D eigenvalue weighted by Gasteiger charge is -2.15. The Bertz CT molecular complexity index is 155. The number of hydrogen-bond donors (Lipinski definition) is 1. The molecular weight excluding hydrogens is 172 g/mol. The lowest BCUT2D eigenvalue weighted by Crippen LogP contribution is -2.33. The molecule has 2 nitrogen and oxygen atoms in total. The molecule has 1 atom stereocenters. The average molecular weight is 191 g/mol. The SMILES string of the molecule is CN(C)CC1CC2(CC2)CN1.Cl. The highest BCUT2D eigenvalue weighted by molar-refractivity contribution is 5.85. The normalized spacial score (nSPS) is 30.8. The molecule has 0 bridgehead atoms. The maximum Gasteiger partial charge on any atom is 0.0200 e. The second-order valence-electron chi connectivity index (χ2n) is 4.54. The van der Waals surface area contributed by atoms with Crippen LogP contribution in [0.3, 0.4) is 0 Å². The van der Waals surface area contributed by atoms with Crippen LogP contribution in [0, 0.1) is 5.41 Å². The first-order valence-electron chi connectivity index (χ1n) is 4.58. The molecule has 0 aromatic carbocycles. The van der Waals surface area contributed by atoms with Gasteiger partial charge in [-0.05, 0) is 38.8 Å². The third-order valence-electron chi connectivity index (χ3n) is 2.99. The predicted molar refractivity (Wildman–Crippen MR) is 53.9 cm³/mol. The van der Waals surface area contributed by atoms with E-state index in [-0.39, 0.29) is 12.4 Å². The number of rotatable bonds is 2. The topological polar surface area (TPSA) is 15.3 Å². The summed E-state index contributed by atoms with van der Waals surface area (Å²) in [4.78, 5) is 2.28. The minimum Gasteiger partial charge on any atom is -0.312 e. The minimum absolute atomic E-state index is 0. The van der Waals surface area contributed by atoms with Crippen molar-refractivity contribution in [1.82, 2.24) is 10.2 Å². The van der Waals surface area contributed by atoms with Crippen LogP contribution in [0.4, 0.5) is 0 Å². The molecule has 1 saturated heterocycles. The van der Waals surface area contributed by atoms with Crippen LogP contribution in [0.25, 0.3) is 0 Å². The Balaban J connectivity index is 0.000000720. The fraction of sp³-hybridized carbons (Fsp3) is 1.00. The Labute approximate surface area is 81.1 Å². The first-order valence-corrected chi connectivity index (χ1v) is 4.58. The van der Waals surface area contributed by atoms with E-state index in [2.05, 4.69) is 24.3 Å². The van der Waals surface area contributed by atoms with Crippen LogP contribution in [0.2, 0.25) is 0 Å². The molecule has 0 aromatic rings. The maximum atomic E-state index is 3.60. The summed E-state index contributed by atoms with van der Waals surface area (Å²) in [5, 5.41) is 3.60. The van der Waals surface area contributed by atoms with Gasteiger partial charge in [-0.15, -0.1) is 12.4 Å². The van der Waals surface area contributed by atoms with E-state index in [1.54, 1.807) is 0 Å². The summed E-state index contributed by atoms with van der Waals surface area (Å²) in [6.07, 6.45) is 4.37. The van der Waals surface area contributed by atoms with Gasteiger partial charge in [0.1, 0.15) is 0 Å². The van der Waals surface area contributed by atoms with E-state index >= 15 is 0 Å². The van der Waals surface area contributed by atoms with Crippen molar-refractivity contribution < 1.29 is 0 Å². The zero-order valence-electron chi connectivity index (χ0n) is 7.97. The Kier molecular flexibility index (Phi) is 3.02. The van der Waals surface area contributed by atoms with E-state index in [4.69, 9.17) is 0 Å². The van der Waals surface area contributed by atoms with Crippen LogP contribution in [0.15, 0.2) is 0 Å². The van der Waals surface area contributed by atoms with Crippen molar-refractivity contribution in [3.63, 3.8) is 0 Å². The standard InChI is InChI=1S/C9H18N2.ClH/c1-11(2)6-8-5-9(3-4-9)7-10-8;/h8,10H,3-7H2,1-2H3;1H. The molecule has 0 radical (unpaired) electrons. The number of likely N-dealkylation sites (N-methyl/N-ethyl adjacent to an activating group) is 1. The molecule has 3 heteroatoms. The summed E-state index contributed by atoms with van der Waals surface area (Å²) in [6.45, 7) is 2.49. The molecule has 1 heterocycles. The Morgan fingerprint density at radius 3 is 2.50 bits per heavy atom. The van der Waals surface area contributed by atoms with Gasteiger partial charge < -0.3 is 10.2 Å². The third-order valence-corrected chi connectivity index (χ3v) is 2.99.